The first-order chi connectivity index (χ1) is 10.7. The number of ether oxygens (including phenoxy) is 1. The van der Waals surface area contributed by atoms with Crippen LogP contribution in [0.3, 0.4) is 0 Å². The van der Waals surface area contributed by atoms with Crippen molar-refractivity contribution in [2.75, 3.05) is 0 Å². The third-order valence-electron chi connectivity index (χ3n) is 3.82. The first-order valence-electron chi connectivity index (χ1n) is 7.50. The summed E-state index contributed by atoms with van der Waals surface area (Å²) in [6, 6.07) is 18.1. The molecule has 0 spiro atoms. The average molecular weight is 296 g/mol. The molecule has 22 heavy (non-hydrogen) atoms. The van der Waals surface area contributed by atoms with Gasteiger partial charge < -0.3 is 4.74 Å². The van der Waals surface area contributed by atoms with Crippen LogP contribution in [-0.2, 0) is 29.2 Å². The minimum Gasteiger partial charge on any atom is -0.364 e. The van der Waals surface area contributed by atoms with E-state index < -0.39 is 6.10 Å². The van der Waals surface area contributed by atoms with E-state index in [1.165, 1.54) is 11.1 Å². The van der Waals surface area contributed by atoms with Crippen LogP contribution < -0.4 is 5.43 Å². The van der Waals surface area contributed by atoms with E-state index in [1.54, 1.807) is 6.92 Å². The molecule has 2 aromatic carbocycles. The van der Waals surface area contributed by atoms with Crippen molar-refractivity contribution in [3.8, 4) is 0 Å². The largest absolute Gasteiger partial charge is 0.364 e. The Labute approximate surface area is 130 Å². The maximum absolute atomic E-state index is 12.2. The molecule has 0 bridgehead atoms. The molecule has 1 N–H and O–H groups in total. The third-order valence-corrected chi connectivity index (χ3v) is 3.82. The number of hydrazine groups is 1. The van der Waals surface area contributed by atoms with Crippen molar-refractivity contribution in [1.29, 1.82) is 0 Å². The van der Waals surface area contributed by atoms with E-state index in [1.807, 2.05) is 47.5 Å². The van der Waals surface area contributed by atoms with Crippen LogP contribution in [0, 0.1) is 0 Å². The number of amides is 1. The summed E-state index contributed by atoms with van der Waals surface area (Å²) < 4.78 is 5.64. The summed E-state index contributed by atoms with van der Waals surface area (Å²) in [5, 5.41) is 1.93. The van der Waals surface area contributed by atoms with Gasteiger partial charge in [-0.2, -0.15) is 0 Å². The minimum atomic E-state index is -0.482. The molecule has 0 unspecified atom stereocenters. The molecule has 1 amide bonds. The van der Waals surface area contributed by atoms with E-state index in [4.69, 9.17) is 4.74 Å². The monoisotopic (exact) mass is 296 g/mol. The molecule has 1 aliphatic heterocycles. The third kappa shape index (κ3) is 3.53. The number of hydrogen-bond acceptors (Lipinski definition) is 3. The van der Waals surface area contributed by atoms with Crippen molar-refractivity contribution in [3.63, 3.8) is 0 Å². The van der Waals surface area contributed by atoms with Crippen LogP contribution in [0.4, 0.5) is 0 Å². The molecule has 2 aromatic rings. The fraction of sp³-hybridized carbons (Fsp3) is 0.278. The molecule has 0 saturated carbocycles. The molecule has 4 nitrogen and oxygen atoms in total. The van der Waals surface area contributed by atoms with Gasteiger partial charge in [0.15, 0.2) is 0 Å². The van der Waals surface area contributed by atoms with Crippen LogP contribution in [0.2, 0.25) is 0 Å². The smallest absolute Gasteiger partial charge is 0.263 e. The molecular weight excluding hydrogens is 276 g/mol. The molecule has 0 radical (unpaired) electrons. The normalized spacial score (nSPS) is 15.3. The molecule has 1 aliphatic rings. The Bertz CT molecular complexity index is 618. The molecule has 4 heteroatoms. The predicted octanol–water partition coefficient (Wildman–Crippen LogP) is 2.64. The Kier molecular flexibility index (Phi) is 4.51. The summed E-state index contributed by atoms with van der Waals surface area (Å²) in [5.41, 5.74) is 6.53. The van der Waals surface area contributed by atoms with Crippen LogP contribution in [0.5, 0.6) is 0 Å². The Morgan fingerprint density at radius 3 is 2.32 bits per heavy atom. The van der Waals surface area contributed by atoms with Gasteiger partial charge >= 0.3 is 0 Å². The van der Waals surface area contributed by atoms with Crippen LogP contribution in [0.15, 0.2) is 54.6 Å². The minimum absolute atomic E-state index is 0.108. The van der Waals surface area contributed by atoms with Gasteiger partial charge in [0, 0.05) is 13.1 Å². The van der Waals surface area contributed by atoms with Crippen LogP contribution in [0.1, 0.15) is 23.6 Å². The van der Waals surface area contributed by atoms with Crippen LogP contribution >= 0.6 is 0 Å². The maximum atomic E-state index is 12.2. The van der Waals surface area contributed by atoms with Crippen LogP contribution in [-0.4, -0.2) is 17.0 Å². The lowest BCUT2D eigenvalue weighted by Crippen LogP contribution is -2.43. The summed E-state index contributed by atoms with van der Waals surface area (Å²) >= 11 is 0. The average Bonchev–Trinajstić information content (AvgIpc) is 2.95. The SMILES string of the molecule is C[C@@H](OCc1ccccc1)C(=O)NN1Cc2ccccc2C1. The molecule has 1 heterocycles. The standard InChI is InChI=1S/C18H20N2O2/c1-14(22-13-15-7-3-2-4-8-15)18(21)19-20-11-16-9-5-6-10-17(16)12-20/h2-10,14H,11-13H2,1H3,(H,19,21)/t14-/m1/s1. The van der Waals surface area contributed by atoms with Gasteiger partial charge in [-0.05, 0) is 23.6 Å². The number of rotatable bonds is 5. The van der Waals surface area contributed by atoms with E-state index in [2.05, 4.69) is 17.6 Å². The van der Waals surface area contributed by atoms with Gasteiger partial charge in [0.2, 0.25) is 0 Å². The summed E-state index contributed by atoms with van der Waals surface area (Å²) in [6.07, 6.45) is -0.482. The lowest BCUT2D eigenvalue weighted by atomic mass is 10.1. The van der Waals surface area contributed by atoms with Crippen LogP contribution in [0.25, 0.3) is 0 Å². The van der Waals surface area contributed by atoms with Crippen molar-refractivity contribution in [2.45, 2.75) is 32.7 Å². The van der Waals surface area contributed by atoms with Gasteiger partial charge in [-0.1, -0.05) is 54.6 Å². The zero-order valence-electron chi connectivity index (χ0n) is 12.7. The Morgan fingerprint density at radius 2 is 1.68 bits per heavy atom. The fourth-order valence-electron chi connectivity index (χ4n) is 2.53. The molecule has 0 aromatic heterocycles. The van der Waals surface area contributed by atoms with Gasteiger partial charge in [0.1, 0.15) is 6.10 Å². The summed E-state index contributed by atoms with van der Waals surface area (Å²) in [5.74, 6) is -0.108. The fourth-order valence-corrected chi connectivity index (χ4v) is 2.53. The Morgan fingerprint density at radius 1 is 1.09 bits per heavy atom. The molecule has 0 saturated heterocycles. The van der Waals surface area contributed by atoms with Gasteiger partial charge in [-0.3, -0.25) is 10.2 Å². The lowest BCUT2D eigenvalue weighted by molar-refractivity contribution is -0.137. The van der Waals surface area contributed by atoms with E-state index >= 15 is 0 Å². The van der Waals surface area contributed by atoms with E-state index in [0.29, 0.717) is 6.61 Å². The number of hydrogen-bond donors (Lipinski definition) is 1. The highest BCUT2D eigenvalue weighted by Gasteiger charge is 2.22. The topological polar surface area (TPSA) is 41.6 Å². The zero-order valence-corrected chi connectivity index (χ0v) is 12.7. The van der Waals surface area contributed by atoms with E-state index in [9.17, 15) is 4.79 Å². The van der Waals surface area contributed by atoms with Crippen molar-refractivity contribution in [3.05, 3.63) is 71.3 Å². The molecule has 0 aliphatic carbocycles. The number of fused-ring (bicyclic) bond motifs is 1. The van der Waals surface area contributed by atoms with E-state index in [-0.39, 0.29) is 5.91 Å². The molecular formula is C18H20N2O2. The lowest BCUT2D eigenvalue weighted by Gasteiger charge is -2.20. The van der Waals surface area contributed by atoms with Gasteiger partial charge in [0.05, 0.1) is 6.61 Å². The molecule has 114 valence electrons. The second kappa shape index (κ2) is 6.73. The van der Waals surface area contributed by atoms with Crippen molar-refractivity contribution in [2.24, 2.45) is 0 Å². The van der Waals surface area contributed by atoms with E-state index in [0.717, 1.165) is 18.7 Å². The number of carbonyl (C=O) groups excluding carboxylic acids is 1. The zero-order chi connectivity index (χ0) is 15.4. The van der Waals surface area contributed by atoms with Crippen molar-refractivity contribution in [1.82, 2.24) is 10.4 Å². The van der Waals surface area contributed by atoms with Gasteiger partial charge in [0.25, 0.3) is 5.91 Å². The van der Waals surface area contributed by atoms with Gasteiger partial charge in [-0.25, -0.2) is 5.01 Å². The highest BCUT2D eigenvalue weighted by molar-refractivity contribution is 5.79. The highest BCUT2D eigenvalue weighted by Crippen LogP contribution is 2.20. The Balaban J connectivity index is 1.48. The Hall–Kier alpha value is -2.17. The quantitative estimate of drug-likeness (QED) is 0.922. The highest BCUT2D eigenvalue weighted by atomic mass is 16.5. The molecule has 1 atom stereocenters. The first-order valence-corrected chi connectivity index (χ1v) is 7.50. The number of benzene rings is 2. The van der Waals surface area contributed by atoms with Crippen molar-refractivity contribution >= 4 is 5.91 Å². The predicted molar refractivity (Wildman–Crippen MR) is 84.5 cm³/mol. The maximum Gasteiger partial charge on any atom is 0.263 e. The molecule has 3 rings (SSSR count). The number of nitrogens with zero attached hydrogens (tertiary/aromatic N) is 1. The second-order valence-corrected chi connectivity index (χ2v) is 5.54. The first kappa shape index (κ1) is 14.8. The summed E-state index contributed by atoms with van der Waals surface area (Å²) in [7, 11) is 0. The van der Waals surface area contributed by atoms with Crippen molar-refractivity contribution < 1.29 is 9.53 Å². The number of carbonyl (C=O) groups is 1. The summed E-state index contributed by atoms with van der Waals surface area (Å²) in [6.45, 7) is 3.71. The molecule has 0 fully saturated rings. The van der Waals surface area contributed by atoms with Gasteiger partial charge in [-0.15, -0.1) is 0 Å². The number of nitrogens with one attached hydrogen (secondary N) is 1. The second-order valence-electron chi connectivity index (χ2n) is 5.54. The summed E-state index contributed by atoms with van der Waals surface area (Å²) in [4.78, 5) is 12.2.